The number of benzene rings is 1. The molecule has 1 atom stereocenters. The number of halogens is 2. The van der Waals surface area contributed by atoms with Gasteiger partial charge in [0.25, 0.3) is 0 Å². The van der Waals surface area contributed by atoms with Gasteiger partial charge < -0.3 is 11.5 Å². The van der Waals surface area contributed by atoms with Crippen molar-refractivity contribution in [1.82, 2.24) is 4.98 Å². The van der Waals surface area contributed by atoms with E-state index in [0.29, 0.717) is 17.7 Å². The van der Waals surface area contributed by atoms with Crippen LogP contribution in [0.2, 0.25) is 0 Å². The third-order valence-corrected chi connectivity index (χ3v) is 3.23. The maximum absolute atomic E-state index is 13.7. The first-order chi connectivity index (χ1) is 8.58. The van der Waals surface area contributed by atoms with Crippen LogP contribution in [0.1, 0.15) is 17.2 Å². The van der Waals surface area contributed by atoms with Crippen molar-refractivity contribution in [2.24, 2.45) is 5.73 Å². The van der Waals surface area contributed by atoms with Crippen molar-refractivity contribution in [3.05, 3.63) is 58.1 Å². The first kappa shape index (κ1) is 13.0. The van der Waals surface area contributed by atoms with Crippen molar-refractivity contribution in [1.29, 1.82) is 0 Å². The van der Waals surface area contributed by atoms with Gasteiger partial charge in [-0.2, -0.15) is 0 Å². The van der Waals surface area contributed by atoms with Crippen LogP contribution in [-0.4, -0.2) is 4.98 Å². The summed E-state index contributed by atoms with van der Waals surface area (Å²) in [6, 6.07) is 5.98. The van der Waals surface area contributed by atoms with Crippen molar-refractivity contribution in [2.45, 2.75) is 12.5 Å². The number of pyridine rings is 1. The van der Waals surface area contributed by atoms with E-state index in [4.69, 9.17) is 11.5 Å². The number of nitrogens with zero attached hydrogens (tertiary/aromatic N) is 1. The van der Waals surface area contributed by atoms with Crippen LogP contribution in [-0.2, 0) is 6.42 Å². The van der Waals surface area contributed by atoms with Crippen molar-refractivity contribution in [3.8, 4) is 0 Å². The van der Waals surface area contributed by atoms with Gasteiger partial charge in [0.1, 0.15) is 5.82 Å². The van der Waals surface area contributed by atoms with Crippen molar-refractivity contribution >= 4 is 21.6 Å². The molecule has 0 aliphatic carbocycles. The molecule has 4 N–H and O–H groups in total. The Labute approximate surface area is 113 Å². The summed E-state index contributed by atoms with van der Waals surface area (Å²) in [4.78, 5) is 3.99. The Balaban J connectivity index is 2.25. The summed E-state index contributed by atoms with van der Waals surface area (Å²) in [5.74, 6) is -0.312. The van der Waals surface area contributed by atoms with E-state index in [1.807, 2.05) is 0 Å². The number of nitrogen functional groups attached to an aromatic ring is 1. The molecule has 2 aromatic rings. The Morgan fingerprint density at radius 2 is 2.11 bits per heavy atom. The number of hydrogen-bond acceptors (Lipinski definition) is 3. The molecule has 0 saturated heterocycles. The quantitative estimate of drug-likeness (QED) is 0.916. The van der Waals surface area contributed by atoms with Crippen LogP contribution in [0.5, 0.6) is 0 Å². The zero-order valence-electron chi connectivity index (χ0n) is 9.61. The van der Waals surface area contributed by atoms with Crippen LogP contribution in [0, 0.1) is 5.82 Å². The number of nitrogens with two attached hydrogens (primary N) is 2. The predicted octanol–water partition coefficient (Wildman–Crippen LogP) is 2.81. The van der Waals surface area contributed by atoms with Crippen LogP contribution >= 0.6 is 15.9 Å². The lowest BCUT2D eigenvalue weighted by atomic mass is 9.99. The zero-order chi connectivity index (χ0) is 13.1. The molecule has 3 nitrogen and oxygen atoms in total. The molecule has 2 rings (SSSR count). The smallest absolute Gasteiger partial charge is 0.128 e. The molecule has 0 spiro atoms. The highest BCUT2D eigenvalue weighted by Gasteiger charge is 2.14. The highest BCUT2D eigenvalue weighted by molar-refractivity contribution is 9.10. The minimum Gasteiger partial charge on any atom is -0.398 e. The summed E-state index contributed by atoms with van der Waals surface area (Å²) in [7, 11) is 0. The van der Waals surface area contributed by atoms with E-state index in [1.54, 1.807) is 30.6 Å². The summed E-state index contributed by atoms with van der Waals surface area (Å²) >= 11 is 3.31. The van der Waals surface area contributed by atoms with Gasteiger partial charge in [0.05, 0.1) is 0 Å². The Hall–Kier alpha value is -1.46. The lowest BCUT2D eigenvalue weighted by molar-refractivity contribution is 0.580. The average Bonchev–Trinajstić information content (AvgIpc) is 2.35. The maximum Gasteiger partial charge on any atom is 0.128 e. The molecule has 0 bridgehead atoms. The largest absolute Gasteiger partial charge is 0.398 e. The number of aromatic nitrogens is 1. The van der Waals surface area contributed by atoms with Crippen molar-refractivity contribution < 1.29 is 4.39 Å². The minimum atomic E-state index is -0.450. The fourth-order valence-corrected chi connectivity index (χ4v) is 2.13. The Kier molecular flexibility index (Phi) is 3.93. The minimum absolute atomic E-state index is 0.312. The molecule has 18 heavy (non-hydrogen) atoms. The SMILES string of the molecule is Nc1ccncc1CC(N)c1cc(Br)ccc1F. The molecule has 5 heteroatoms. The number of hydrogen-bond donors (Lipinski definition) is 2. The van der Waals surface area contributed by atoms with Gasteiger partial charge in [0, 0.05) is 34.2 Å². The van der Waals surface area contributed by atoms with Gasteiger partial charge in [-0.05, 0) is 36.2 Å². The Morgan fingerprint density at radius 1 is 1.33 bits per heavy atom. The van der Waals surface area contributed by atoms with Gasteiger partial charge in [0.15, 0.2) is 0 Å². The fourth-order valence-electron chi connectivity index (χ4n) is 1.75. The number of rotatable bonds is 3. The monoisotopic (exact) mass is 309 g/mol. The van der Waals surface area contributed by atoms with E-state index in [-0.39, 0.29) is 5.82 Å². The lowest BCUT2D eigenvalue weighted by Crippen LogP contribution is -2.16. The highest BCUT2D eigenvalue weighted by atomic mass is 79.9. The van der Waals surface area contributed by atoms with Crippen LogP contribution < -0.4 is 11.5 Å². The normalized spacial score (nSPS) is 12.4. The maximum atomic E-state index is 13.7. The van der Waals surface area contributed by atoms with E-state index in [2.05, 4.69) is 20.9 Å². The second kappa shape index (κ2) is 5.46. The molecule has 0 aliphatic heterocycles. The summed E-state index contributed by atoms with van der Waals surface area (Å²) in [5.41, 5.74) is 13.7. The summed E-state index contributed by atoms with van der Waals surface area (Å²) < 4.78 is 14.5. The second-order valence-electron chi connectivity index (χ2n) is 4.05. The van der Waals surface area contributed by atoms with E-state index in [1.165, 1.54) is 6.07 Å². The van der Waals surface area contributed by atoms with E-state index in [9.17, 15) is 4.39 Å². The molecule has 94 valence electrons. The zero-order valence-corrected chi connectivity index (χ0v) is 11.2. The van der Waals surface area contributed by atoms with Gasteiger partial charge in [-0.3, -0.25) is 4.98 Å². The van der Waals surface area contributed by atoms with Gasteiger partial charge in [0.2, 0.25) is 0 Å². The molecule has 0 saturated carbocycles. The van der Waals surface area contributed by atoms with Crippen LogP contribution in [0.4, 0.5) is 10.1 Å². The highest BCUT2D eigenvalue weighted by Crippen LogP contribution is 2.24. The lowest BCUT2D eigenvalue weighted by Gasteiger charge is -2.14. The molecular formula is C13H13BrFN3. The molecular weight excluding hydrogens is 297 g/mol. The molecule has 0 amide bonds. The molecule has 1 aromatic carbocycles. The molecule has 0 aliphatic rings. The van der Waals surface area contributed by atoms with Crippen molar-refractivity contribution in [2.75, 3.05) is 5.73 Å². The van der Waals surface area contributed by atoms with Crippen LogP contribution in [0.25, 0.3) is 0 Å². The summed E-state index contributed by atoms with van der Waals surface area (Å²) in [6.45, 7) is 0. The first-order valence-electron chi connectivity index (χ1n) is 5.47. The topological polar surface area (TPSA) is 64.9 Å². The van der Waals surface area contributed by atoms with Crippen molar-refractivity contribution in [3.63, 3.8) is 0 Å². The third kappa shape index (κ3) is 2.86. The van der Waals surface area contributed by atoms with E-state index < -0.39 is 6.04 Å². The third-order valence-electron chi connectivity index (χ3n) is 2.74. The molecule has 1 heterocycles. The van der Waals surface area contributed by atoms with Gasteiger partial charge in [-0.25, -0.2) is 4.39 Å². The second-order valence-corrected chi connectivity index (χ2v) is 4.97. The number of anilines is 1. The van der Waals surface area contributed by atoms with E-state index in [0.717, 1.165) is 10.0 Å². The average molecular weight is 310 g/mol. The molecule has 0 radical (unpaired) electrons. The van der Waals surface area contributed by atoms with Gasteiger partial charge in [-0.15, -0.1) is 0 Å². The summed E-state index contributed by atoms with van der Waals surface area (Å²) in [5, 5.41) is 0. The van der Waals surface area contributed by atoms with Gasteiger partial charge >= 0.3 is 0 Å². The molecule has 0 fully saturated rings. The standard InChI is InChI=1S/C13H13BrFN3/c14-9-1-2-11(15)10(6-9)13(17)5-8-7-18-4-3-12(8)16/h1-4,6-7,13H,5,17H2,(H2,16,18). The first-order valence-corrected chi connectivity index (χ1v) is 6.26. The Bertz CT molecular complexity index is 560. The van der Waals surface area contributed by atoms with E-state index >= 15 is 0 Å². The Morgan fingerprint density at radius 3 is 2.83 bits per heavy atom. The molecule has 1 unspecified atom stereocenters. The van der Waals surface area contributed by atoms with Crippen LogP contribution in [0.15, 0.2) is 41.1 Å². The summed E-state index contributed by atoms with van der Waals surface area (Å²) in [6.07, 6.45) is 3.72. The molecule has 1 aromatic heterocycles. The fraction of sp³-hybridized carbons (Fsp3) is 0.154. The van der Waals surface area contributed by atoms with Gasteiger partial charge in [-0.1, -0.05) is 15.9 Å². The van der Waals surface area contributed by atoms with Crippen LogP contribution in [0.3, 0.4) is 0 Å². The predicted molar refractivity (Wildman–Crippen MR) is 73.4 cm³/mol.